The molecule has 21 heavy (non-hydrogen) atoms. The van der Waals surface area contributed by atoms with Crippen molar-refractivity contribution >= 4 is 17.3 Å². The minimum absolute atomic E-state index is 0.137. The van der Waals surface area contributed by atoms with Gasteiger partial charge in [-0.15, -0.1) is 0 Å². The van der Waals surface area contributed by atoms with Crippen LogP contribution in [0.15, 0.2) is 45.7 Å². The molecule has 1 heterocycles. The molecule has 0 fully saturated rings. The summed E-state index contributed by atoms with van der Waals surface area (Å²) in [5.74, 6) is 0.526. The zero-order valence-electron chi connectivity index (χ0n) is 12.8. The number of benzene rings is 1. The Morgan fingerprint density at radius 2 is 2.00 bits per heavy atom. The zero-order valence-corrected chi connectivity index (χ0v) is 13.5. The van der Waals surface area contributed by atoms with Gasteiger partial charge in [0.2, 0.25) is 0 Å². The van der Waals surface area contributed by atoms with Crippen molar-refractivity contribution in [3.63, 3.8) is 0 Å². The highest BCUT2D eigenvalue weighted by Crippen LogP contribution is 2.43. The summed E-state index contributed by atoms with van der Waals surface area (Å²) in [7, 11) is 0. The molecule has 0 bridgehead atoms. The SMILES string of the molecule is CCC1=C(CN=O)N=C(C)C(CC)C1c1ccccc1Cl. The third-order valence-electron chi connectivity index (χ3n) is 4.27. The van der Waals surface area contributed by atoms with E-state index in [9.17, 15) is 4.91 Å². The van der Waals surface area contributed by atoms with Gasteiger partial charge in [0.15, 0.2) is 0 Å². The van der Waals surface area contributed by atoms with Crippen molar-refractivity contribution in [1.29, 1.82) is 0 Å². The van der Waals surface area contributed by atoms with Crippen LogP contribution in [0.4, 0.5) is 0 Å². The predicted octanol–water partition coefficient (Wildman–Crippen LogP) is 5.35. The molecule has 0 amide bonds. The highest BCUT2D eigenvalue weighted by molar-refractivity contribution is 6.31. The van der Waals surface area contributed by atoms with Crippen LogP contribution < -0.4 is 0 Å². The maximum absolute atomic E-state index is 10.7. The molecule has 3 nitrogen and oxygen atoms in total. The molecule has 0 saturated carbocycles. The molecule has 0 aliphatic carbocycles. The molecule has 1 aromatic rings. The number of rotatable bonds is 5. The normalized spacial score (nSPS) is 22.2. The van der Waals surface area contributed by atoms with Crippen LogP contribution in [-0.4, -0.2) is 12.3 Å². The van der Waals surface area contributed by atoms with E-state index in [4.69, 9.17) is 11.6 Å². The molecule has 1 aliphatic heterocycles. The summed E-state index contributed by atoms with van der Waals surface area (Å²) in [6.07, 6.45) is 1.85. The third-order valence-corrected chi connectivity index (χ3v) is 4.62. The van der Waals surface area contributed by atoms with Gasteiger partial charge in [0.1, 0.15) is 6.54 Å². The summed E-state index contributed by atoms with van der Waals surface area (Å²) in [6.45, 7) is 6.45. The van der Waals surface area contributed by atoms with Gasteiger partial charge in [-0.3, -0.25) is 4.99 Å². The summed E-state index contributed by atoms with van der Waals surface area (Å²) in [6, 6.07) is 7.96. The fourth-order valence-electron chi connectivity index (χ4n) is 3.32. The second kappa shape index (κ2) is 6.99. The van der Waals surface area contributed by atoms with Crippen molar-refractivity contribution < 1.29 is 0 Å². The Balaban J connectivity index is 2.60. The Hall–Kier alpha value is -1.48. The van der Waals surface area contributed by atoms with E-state index in [1.165, 1.54) is 5.57 Å². The topological polar surface area (TPSA) is 41.8 Å². The molecule has 0 aromatic heterocycles. The third kappa shape index (κ3) is 3.08. The Morgan fingerprint density at radius 1 is 1.29 bits per heavy atom. The monoisotopic (exact) mass is 304 g/mol. The molecule has 2 rings (SSSR count). The minimum Gasteiger partial charge on any atom is -0.260 e. The lowest BCUT2D eigenvalue weighted by Crippen LogP contribution is -2.27. The quantitative estimate of drug-likeness (QED) is 0.676. The largest absolute Gasteiger partial charge is 0.260 e. The second-order valence-corrected chi connectivity index (χ2v) is 5.79. The van der Waals surface area contributed by atoms with E-state index in [1.807, 2.05) is 25.1 Å². The predicted molar refractivity (Wildman–Crippen MR) is 89.1 cm³/mol. The molecule has 2 atom stereocenters. The maximum Gasteiger partial charge on any atom is 0.123 e. The lowest BCUT2D eigenvalue weighted by molar-refractivity contribution is 0.545. The molecule has 1 aromatic carbocycles. The van der Waals surface area contributed by atoms with E-state index in [0.29, 0.717) is 5.92 Å². The van der Waals surface area contributed by atoms with Gasteiger partial charge >= 0.3 is 0 Å². The fourth-order valence-corrected chi connectivity index (χ4v) is 3.57. The molecule has 1 aliphatic rings. The Kier molecular flexibility index (Phi) is 5.29. The Labute approximate surface area is 131 Å². The van der Waals surface area contributed by atoms with Crippen LogP contribution in [0.3, 0.4) is 0 Å². The van der Waals surface area contributed by atoms with Gasteiger partial charge < -0.3 is 0 Å². The zero-order chi connectivity index (χ0) is 15.4. The van der Waals surface area contributed by atoms with Gasteiger partial charge in [-0.05, 0) is 37.0 Å². The summed E-state index contributed by atoms with van der Waals surface area (Å²) in [5, 5.41) is 3.82. The summed E-state index contributed by atoms with van der Waals surface area (Å²) < 4.78 is 0. The number of nitroso groups, excluding NO2 is 1. The maximum atomic E-state index is 10.7. The molecular formula is C17H21ClN2O. The van der Waals surface area contributed by atoms with E-state index >= 15 is 0 Å². The number of aliphatic imine (C=N–C) groups is 1. The Bertz CT molecular complexity index is 592. The van der Waals surface area contributed by atoms with Crippen LogP contribution in [0.5, 0.6) is 0 Å². The molecular weight excluding hydrogens is 284 g/mol. The first-order valence-electron chi connectivity index (χ1n) is 7.44. The summed E-state index contributed by atoms with van der Waals surface area (Å²) in [4.78, 5) is 15.4. The van der Waals surface area contributed by atoms with Gasteiger partial charge in [0, 0.05) is 22.6 Å². The molecule has 0 radical (unpaired) electrons. The van der Waals surface area contributed by atoms with Crippen LogP contribution in [0.1, 0.15) is 45.1 Å². The number of nitrogens with zero attached hydrogens (tertiary/aromatic N) is 2. The first kappa shape index (κ1) is 15.9. The molecule has 112 valence electrons. The summed E-state index contributed by atoms with van der Waals surface area (Å²) >= 11 is 6.43. The van der Waals surface area contributed by atoms with Crippen LogP contribution >= 0.6 is 11.6 Å². The molecule has 2 unspecified atom stereocenters. The van der Waals surface area contributed by atoms with Crippen LogP contribution in [0.2, 0.25) is 5.02 Å². The minimum atomic E-state index is 0.137. The summed E-state index contributed by atoms with van der Waals surface area (Å²) in [5.41, 5.74) is 4.21. The first-order chi connectivity index (χ1) is 10.1. The van der Waals surface area contributed by atoms with E-state index < -0.39 is 0 Å². The first-order valence-corrected chi connectivity index (χ1v) is 7.82. The van der Waals surface area contributed by atoms with E-state index in [-0.39, 0.29) is 12.5 Å². The van der Waals surface area contributed by atoms with Crippen molar-refractivity contribution in [2.24, 2.45) is 16.1 Å². The standard InChI is InChI=1S/C17H21ClN2O/c1-4-12-11(3)20-16(10-19-21)13(5-2)17(12)14-8-6-7-9-15(14)18/h6-9,12,17H,4-5,10H2,1-3H3. The highest BCUT2D eigenvalue weighted by Gasteiger charge is 2.33. The smallest absolute Gasteiger partial charge is 0.123 e. The van der Waals surface area contributed by atoms with Crippen LogP contribution in [-0.2, 0) is 0 Å². The molecule has 0 N–H and O–H groups in total. The number of hydrogen-bond donors (Lipinski definition) is 0. The van der Waals surface area contributed by atoms with E-state index in [2.05, 4.69) is 30.1 Å². The highest BCUT2D eigenvalue weighted by atomic mass is 35.5. The van der Waals surface area contributed by atoms with Crippen molar-refractivity contribution in [2.45, 2.75) is 39.5 Å². The molecule has 0 saturated heterocycles. The van der Waals surface area contributed by atoms with Gasteiger partial charge in [0.25, 0.3) is 0 Å². The van der Waals surface area contributed by atoms with Gasteiger partial charge in [-0.25, -0.2) is 0 Å². The number of hydrogen-bond acceptors (Lipinski definition) is 3. The average Bonchev–Trinajstić information content (AvgIpc) is 2.47. The molecule has 0 spiro atoms. The van der Waals surface area contributed by atoms with Crippen molar-refractivity contribution in [3.8, 4) is 0 Å². The lowest BCUT2D eigenvalue weighted by atomic mass is 9.73. The van der Waals surface area contributed by atoms with E-state index in [0.717, 1.165) is 34.8 Å². The fraction of sp³-hybridized carbons (Fsp3) is 0.471. The Morgan fingerprint density at radius 3 is 2.57 bits per heavy atom. The average molecular weight is 305 g/mol. The second-order valence-electron chi connectivity index (χ2n) is 5.38. The van der Waals surface area contributed by atoms with Gasteiger partial charge in [-0.1, -0.05) is 48.8 Å². The number of halogens is 1. The van der Waals surface area contributed by atoms with Crippen molar-refractivity contribution in [3.05, 3.63) is 51.0 Å². The molecule has 4 heteroatoms. The number of allylic oxidation sites excluding steroid dienone is 1. The van der Waals surface area contributed by atoms with Gasteiger partial charge in [0.05, 0.1) is 5.70 Å². The lowest BCUT2D eigenvalue weighted by Gasteiger charge is -2.34. The van der Waals surface area contributed by atoms with Gasteiger partial charge in [-0.2, -0.15) is 4.91 Å². The van der Waals surface area contributed by atoms with Crippen LogP contribution in [0, 0.1) is 10.8 Å². The van der Waals surface area contributed by atoms with E-state index in [1.54, 1.807) is 0 Å². The van der Waals surface area contributed by atoms with Crippen LogP contribution in [0.25, 0.3) is 0 Å². The van der Waals surface area contributed by atoms with Crippen molar-refractivity contribution in [2.75, 3.05) is 6.54 Å². The van der Waals surface area contributed by atoms with Crippen molar-refractivity contribution in [1.82, 2.24) is 0 Å².